The minimum absolute atomic E-state index is 0.0390. The Morgan fingerprint density at radius 2 is 1.27 bits per heavy atom. The first-order valence-electron chi connectivity index (χ1n) is 15.9. The van der Waals surface area contributed by atoms with Gasteiger partial charge in [0.1, 0.15) is 46.9 Å². The third-order valence-electron chi connectivity index (χ3n) is 8.54. The van der Waals surface area contributed by atoms with E-state index < -0.39 is 23.3 Å². The second-order valence-corrected chi connectivity index (χ2v) is 12.6. The first kappa shape index (κ1) is 34.3. The van der Waals surface area contributed by atoms with Crippen LogP contribution in [-0.4, -0.2) is 52.6 Å². The fraction of sp³-hybridized carbons (Fsp3) is 0.394. The van der Waals surface area contributed by atoms with E-state index in [4.69, 9.17) is 9.47 Å². The van der Waals surface area contributed by atoms with Gasteiger partial charge in [-0.25, -0.2) is 36.9 Å². The fourth-order valence-corrected chi connectivity index (χ4v) is 6.73. The van der Waals surface area contributed by atoms with Gasteiger partial charge < -0.3 is 14.4 Å². The van der Waals surface area contributed by atoms with Crippen LogP contribution in [0, 0.1) is 47.9 Å². The van der Waals surface area contributed by atoms with Crippen molar-refractivity contribution in [1.82, 2.24) is 39.5 Å². The number of hydrogen-bond acceptors (Lipinski definition) is 9. The van der Waals surface area contributed by atoms with Crippen LogP contribution in [0.25, 0.3) is 0 Å². The molecule has 3 atom stereocenters. The van der Waals surface area contributed by atoms with Crippen LogP contribution in [0.5, 0.6) is 23.5 Å². The Hall–Kier alpha value is -4.60. The Kier molecular flexibility index (Phi) is 10.4. The van der Waals surface area contributed by atoms with Crippen LogP contribution < -0.4 is 14.4 Å². The van der Waals surface area contributed by atoms with Gasteiger partial charge in [-0.2, -0.15) is 15.1 Å². The van der Waals surface area contributed by atoms with Crippen molar-refractivity contribution >= 4 is 21.7 Å². The Balaban J connectivity index is 0.000000207. The average Bonchev–Trinajstić information content (AvgIpc) is 3.66. The number of nitrogens with zero attached hydrogens (tertiary/aromatic N) is 9. The summed E-state index contributed by atoms with van der Waals surface area (Å²) in [7, 11) is 0. The van der Waals surface area contributed by atoms with Gasteiger partial charge in [0.2, 0.25) is 4.73 Å². The van der Waals surface area contributed by atoms with Crippen LogP contribution in [0.15, 0.2) is 53.5 Å². The Bertz CT molecular complexity index is 1870. The highest BCUT2D eigenvalue weighted by atomic mass is 79.9. The van der Waals surface area contributed by atoms with Crippen LogP contribution in [0.4, 0.5) is 23.4 Å². The molecule has 0 radical (unpaired) electrons. The second-order valence-electron chi connectivity index (χ2n) is 11.9. The fourth-order valence-electron chi connectivity index (χ4n) is 6.39. The van der Waals surface area contributed by atoms with Crippen LogP contribution in [0.3, 0.4) is 0 Å². The standard InChI is InChI=1S/C23H26F2N6O.C10H8BrF2N3O/c1-3-31-23(32-19-8-17(24)7-18(25)9-19)28-21(29-31)10-20-15-4-5-16(20)12-30(11-15)22-6-14(2)26-13-27-22;1-2-16-10(14-9(11)15-16)17-8-4-6(12)3-7(13)5-8/h6-9,13,15-16,20H,3-5,10-12H2,1-2H3;3-5H,2H2,1H3/t15-,16+,20?;. The molecule has 1 aliphatic carbocycles. The highest BCUT2D eigenvalue weighted by molar-refractivity contribution is 9.10. The summed E-state index contributed by atoms with van der Waals surface area (Å²) in [6, 6.07) is 8.49. The maximum Gasteiger partial charge on any atom is 0.321 e. The lowest BCUT2D eigenvalue weighted by Gasteiger charge is -2.38. The van der Waals surface area contributed by atoms with Gasteiger partial charge in [0.15, 0.2) is 5.82 Å². The van der Waals surface area contributed by atoms with E-state index in [0.717, 1.165) is 67.4 Å². The number of rotatable bonds is 9. The molecular weight excluding hydrogens is 710 g/mol. The minimum Gasteiger partial charge on any atom is -0.424 e. The Labute approximate surface area is 288 Å². The zero-order valence-corrected chi connectivity index (χ0v) is 28.6. The van der Waals surface area contributed by atoms with Crippen molar-refractivity contribution in [2.45, 2.75) is 53.1 Å². The molecule has 2 bridgehead atoms. The quantitative estimate of drug-likeness (QED) is 0.144. The van der Waals surface area contributed by atoms with Crippen molar-refractivity contribution < 1.29 is 27.0 Å². The molecule has 1 saturated heterocycles. The number of fused-ring (bicyclic) bond motifs is 2. The number of aryl methyl sites for hydroxylation is 3. The molecule has 16 heteroatoms. The molecular formula is C33H34BrF4N9O2. The molecule has 11 nitrogen and oxygen atoms in total. The summed E-state index contributed by atoms with van der Waals surface area (Å²) in [5, 5.41) is 8.59. The van der Waals surface area contributed by atoms with Gasteiger partial charge in [-0.05, 0) is 67.3 Å². The van der Waals surface area contributed by atoms with Gasteiger partial charge in [-0.15, -0.1) is 5.10 Å². The van der Waals surface area contributed by atoms with E-state index in [1.807, 2.05) is 26.8 Å². The van der Waals surface area contributed by atoms with Gasteiger partial charge in [0.25, 0.3) is 0 Å². The van der Waals surface area contributed by atoms with E-state index >= 15 is 0 Å². The molecule has 4 heterocycles. The van der Waals surface area contributed by atoms with Crippen LogP contribution >= 0.6 is 15.9 Å². The van der Waals surface area contributed by atoms with Crippen molar-refractivity contribution in [2.75, 3.05) is 18.0 Å². The molecule has 5 aromatic rings. The van der Waals surface area contributed by atoms with Gasteiger partial charge in [0.05, 0.1) is 0 Å². The summed E-state index contributed by atoms with van der Waals surface area (Å²) in [4.78, 5) is 19.5. The molecule has 1 saturated carbocycles. The molecule has 7 rings (SSSR count). The van der Waals surface area contributed by atoms with Gasteiger partial charge in [0, 0.05) is 80.8 Å². The summed E-state index contributed by atoms with van der Waals surface area (Å²) in [6.07, 6.45) is 4.78. The predicted octanol–water partition coefficient (Wildman–Crippen LogP) is 7.30. The smallest absolute Gasteiger partial charge is 0.321 e. The number of ether oxygens (including phenoxy) is 2. The lowest BCUT2D eigenvalue weighted by Crippen LogP contribution is -2.43. The molecule has 2 aliphatic rings. The van der Waals surface area contributed by atoms with E-state index in [2.05, 4.69) is 51.0 Å². The summed E-state index contributed by atoms with van der Waals surface area (Å²) in [5.41, 5.74) is 0.976. The van der Waals surface area contributed by atoms with Crippen molar-refractivity contribution in [2.24, 2.45) is 17.8 Å². The molecule has 0 amide bonds. The van der Waals surface area contributed by atoms with E-state index in [1.165, 1.54) is 17.5 Å². The number of aromatic nitrogens is 8. The Morgan fingerprint density at radius 3 is 1.80 bits per heavy atom. The molecule has 2 fully saturated rings. The van der Waals surface area contributed by atoms with Crippen LogP contribution in [0.2, 0.25) is 0 Å². The first-order chi connectivity index (χ1) is 23.6. The lowest BCUT2D eigenvalue weighted by atomic mass is 9.82. The highest BCUT2D eigenvalue weighted by Gasteiger charge is 2.43. The molecule has 0 spiro atoms. The SMILES string of the molecule is CCn1nc(Br)nc1Oc1cc(F)cc(F)c1.CCn1nc(CC2[C@@H]3CC[C@H]2CN(c2cc(C)ncn2)C3)nc1Oc1cc(F)cc(F)c1. The monoisotopic (exact) mass is 743 g/mol. The number of halogens is 5. The normalized spacial score (nSPS) is 18.3. The van der Waals surface area contributed by atoms with Crippen molar-refractivity contribution in [1.29, 1.82) is 0 Å². The Morgan fingerprint density at radius 1 is 0.735 bits per heavy atom. The zero-order valence-electron chi connectivity index (χ0n) is 27.0. The average molecular weight is 745 g/mol. The van der Waals surface area contributed by atoms with Gasteiger partial charge in [-0.1, -0.05) is 0 Å². The van der Waals surface area contributed by atoms with E-state index in [9.17, 15) is 17.6 Å². The van der Waals surface area contributed by atoms with E-state index in [1.54, 1.807) is 11.0 Å². The zero-order chi connectivity index (χ0) is 34.7. The molecule has 1 aliphatic heterocycles. The highest BCUT2D eigenvalue weighted by Crippen LogP contribution is 2.44. The summed E-state index contributed by atoms with van der Waals surface area (Å²) in [5.74, 6) is 0.645. The third-order valence-corrected chi connectivity index (χ3v) is 8.88. The summed E-state index contributed by atoms with van der Waals surface area (Å²) < 4.78 is 67.3. The van der Waals surface area contributed by atoms with Gasteiger partial charge in [-0.3, -0.25) is 0 Å². The first-order valence-corrected chi connectivity index (χ1v) is 16.7. The third kappa shape index (κ3) is 8.35. The minimum atomic E-state index is -0.707. The topological polar surface area (TPSA) is 109 Å². The summed E-state index contributed by atoms with van der Waals surface area (Å²) in [6.45, 7) is 8.80. The largest absolute Gasteiger partial charge is 0.424 e. The van der Waals surface area contributed by atoms with Crippen molar-refractivity contribution in [3.05, 3.63) is 88.3 Å². The lowest BCUT2D eigenvalue weighted by molar-refractivity contribution is 0.264. The van der Waals surface area contributed by atoms with Crippen molar-refractivity contribution in [3.63, 3.8) is 0 Å². The molecule has 49 heavy (non-hydrogen) atoms. The molecule has 1 unspecified atom stereocenters. The maximum atomic E-state index is 13.5. The predicted molar refractivity (Wildman–Crippen MR) is 174 cm³/mol. The second kappa shape index (κ2) is 14.9. The van der Waals surface area contributed by atoms with Gasteiger partial charge >= 0.3 is 12.0 Å². The van der Waals surface area contributed by atoms with Crippen LogP contribution in [0.1, 0.15) is 38.2 Å². The number of piperidine rings is 1. The number of hydrogen-bond donors (Lipinski definition) is 0. The number of benzene rings is 2. The molecule has 258 valence electrons. The summed E-state index contributed by atoms with van der Waals surface area (Å²) >= 11 is 3.09. The molecule has 3 aromatic heterocycles. The number of anilines is 1. The molecule has 2 aromatic carbocycles. The van der Waals surface area contributed by atoms with Crippen LogP contribution in [-0.2, 0) is 19.5 Å². The maximum absolute atomic E-state index is 13.5. The van der Waals surface area contributed by atoms with Crippen molar-refractivity contribution in [3.8, 4) is 23.5 Å². The van der Waals surface area contributed by atoms with E-state index in [0.29, 0.717) is 41.4 Å². The molecule has 0 N–H and O–H groups in total. The van der Waals surface area contributed by atoms with E-state index in [-0.39, 0.29) is 23.5 Å².